The van der Waals surface area contributed by atoms with Crippen LogP contribution in [-0.2, 0) is 17.9 Å². The number of hydrogen-bond donors (Lipinski definition) is 0. The van der Waals surface area contributed by atoms with Gasteiger partial charge < -0.3 is 18.8 Å². The maximum absolute atomic E-state index is 5.74. The Morgan fingerprint density at radius 2 is 1.70 bits per heavy atom. The predicted octanol–water partition coefficient (Wildman–Crippen LogP) is 3.68. The van der Waals surface area contributed by atoms with Gasteiger partial charge in [-0.1, -0.05) is 12.8 Å². The van der Waals surface area contributed by atoms with Gasteiger partial charge in [-0.15, -0.1) is 0 Å². The summed E-state index contributed by atoms with van der Waals surface area (Å²) in [5.41, 5.74) is 1.07. The molecule has 0 atom stereocenters. The lowest BCUT2D eigenvalue weighted by Crippen LogP contribution is -1.98. The van der Waals surface area contributed by atoms with Gasteiger partial charge in [-0.3, -0.25) is 0 Å². The molecule has 2 rings (SSSR count). The molecular formula is C18H26N2O3. The third kappa shape index (κ3) is 6.32. The maximum Gasteiger partial charge on any atom is 0.122 e. The second-order valence-corrected chi connectivity index (χ2v) is 5.49. The van der Waals surface area contributed by atoms with Crippen LogP contribution in [0.15, 0.2) is 36.9 Å². The molecule has 23 heavy (non-hydrogen) atoms. The third-order valence-corrected chi connectivity index (χ3v) is 3.69. The van der Waals surface area contributed by atoms with Crippen LogP contribution >= 0.6 is 0 Å². The van der Waals surface area contributed by atoms with Crippen LogP contribution in [0, 0.1) is 0 Å². The zero-order valence-corrected chi connectivity index (χ0v) is 14.0. The predicted molar refractivity (Wildman–Crippen MR) is 89.9 cm³/mol. The molecule has 0 spiro atoms. The number of benzene rings is 1. The lowest BCUT2D eigenvalue weighted by molar-refractivity contribution is 0.116. The Morgan fingerprint density at radius 3 is 2.35 bits per heavy atom. The Morgan fingerprint density at radius 1 is 0.957 bits per heavy atom. The molecule has 2 aromatic rings. The summed E-state index contributed by atoms with van der Waals surface area (Å²) in [5.74, 6) is 1.59. The van der Waals surface area contributed by atoms with Crippen LogP contribution in [0.3, 0.4) is 0 Å². The van der Waals surface area contributed by atoms with E-state index in [0.29, 0.717) is 6.61 Å². The minimum absolute atomic E-state index is 0.586. The quantitative estimate of drug-likeness (QED) is 0.593. The van der Waals surface area contributed by atoms with Crippen molar-refractivity contribution >= 4 is 0 Å². The number of hydrogen-bond acceptors (Lipinski definition) is 4. The molecule has 1 heterocycles. The highest BCUT2D eigenvalue weighted by atomic mass is 16.5. The molecule has 0 amide bonds. The standard InChI is InChI=1S/C18H26N2O3/c1-21-17-11-16(12-18(13-17)22-2)14-23-10-6-4-3-5-8-20-9-7-19-15-20/h7,9,11-13,15H,3-6,8,10,14H2,1-2H3. The molecule has 0 radical (unpaired) electrons. The van der Waals surface area contributed by atoms with Gasteiger partial charge in [-0.2, -0.15) is 0 Å². The first kappa shape index (κ1) is 17.3. The SMILES string of the molecule is COc1cc(COCCCCCCn2ccnc2)cc(OC)c1. The highest BCUT2D eigenvalue weighted by molar-refractivity contribution is 5.38. The van der Waals surface area contributed by atoms with Gasteiger partial charge in [0.05, 0.1) is 27.2 Å². The molecule has 0 unspecified atom stereocenters. The normalized spacial score (nSPS) is 10.7. The Balaban J connectivity index is 1.56. The lowest BCUT2D eigenvalue weighted by Gasteiger charge is -2.09. The van der Waals surface area contributed by atoms with Gasteiger partial charge in [0, 0.05) is 31.6 Å². The van der Waals surface area contributed by atoms with Crippen LogP contribution in [-0.4, -0.2) is 30.4 Å². The van der Waals surface area contributed by atoms with Gasteiger partial charge in [0.2, 0.25) is 0 Å². The maximum atomic E-state index is 5.74. The molecule has 0 aliphatic rings. The van der Waals surface area contributed by atoms with Crippen LogP contribution in [0.4, 0.5) is 0 Å². The molecule has 0 saturated carbocycles. The van der Waals surface area contributed by atoms with E-state index >= 15 is 0 Å². The van der Waals surface area contributed by atoms with Crippen molar-refractivity contribution in [2.75, 3.05) is 20.8 Å². The van der Waals surface area contributed by atoms with E-state index in [1.165, 1.54) is 19.3 Å². The van der Waals surface area contributed by atoms with Crippen molar-refractivity contribution in [2.24, 2.45) is 0 Å². The van der Waals surface area contributed by atoms with E-state index in [0.717, 1.165) is 36.6 Å². The number of rotatable bonds is 11. The van der Waals surface area contributed by atoms with Gasteiger partial charge in [0.15, 0.2) is 0 Å². The van der Waals surface area contributed by atoms with E-state index in [1.54, 1.807) is 14.2 Å². The zero-order valence-electron chi connectivity index (χ0n) is 14.0. The van der Waals surface area contributed by atoms with Crippen molar-refractivity contribution in [3.8, 4) is 11.5 Å². The van der Waals surface area contributed by atoms with E-state index in [1.807, 2.05) is 36.9 Å². The van der Waals surface area contributed by atoms with Crippen LogP contribution < -0.4 is 9.47 Å². The second kappa shape index (κ2) is 9.90. The number of imidazole rings is 1. The highest BCUT2D eigenvalue weighted by Gasteiger charge is 2.02. The molecule has 1 aromatic heterocycles. The molecule has 126 valence electrons. The van der Waals surface area contributed by atoms with Crippen LogP contribution in [0.1, 0.15) is 31.2 Å². The van der Waals surface area contributed by atoms with Crippen molar-refractivity contribution in [3.05, 3.63) is 42.5 Å². The number of nitrogens with zero attached hydrogens (tertiary/aromatic N) is 2. The number of aryl methyl sites for hydroxylation is 1. The summed E-state index contributed by atoms with van der Waals surface area (Å²) in [7, 11) is 3.31. The zero-order chi connectivity index (χ0) is 16.3. The van der Waals surface area contributed by atoms with E-state index in [-0.39, 0.29) is 0 Å². The number of ether oxygens (including phenoxy) is 3. The summed E-state index contributed by atoms with van der Waals surface area (Å²) in [6.45, 7) is 2.41. The Labute approximate surface area is 138 Å². The van der Waals surface area contributed by atoms with Crippen molar-refractivity contribution in [1.29, 1.82) is 0 Å². The number of unbranched alkanes of at least 4 members (excludes halogenated alkanes) is 3. The van der Waals surface area contributed by atoms with E-state index in [9.17, 15) is 0 Å². The monoisotopic (exact) mass is 318 g/mol. The Kier molecular flexibility index (Phi) is 7.46. The summed E-state index contributed by atoms with van der Waals surface area (Å²) >= 11 is 0. The van der Waals surface area contributed by atoms with Gasteiger partial charge in [0.1, 0.15) is 11.5 Å². The molecular weight excluding hydrogens is 292 g/mol. The summed E-state index contributed by atoms with van der Waals surface area (Å²) in [5, 5.41) is 0. The Hall–Kier alpha value is -2.01. The highest BCUT2D eigenvalue weighted by Crippen LogP contribution is 2.22. The van der Waals surface area contributed by atoms with Crippen molar-refractivity contribution < 1.29 is 14.2 Å². The van der Waals surface area contributed by atoms with Gasteiger partial charge in [0.25, 0.3) is 0 Å². The average molecular weight is 318 g/mol. The van der Waals surface area contributed by atoms with Crippen molar-refractivity contribution in [3.63, 3.8) is 0 Å². The summed E-state index contributed by atoms with van der Waals surface area (Å²) < 4.78 is 18.4. The van der Waals surface area contributed by atoms with Crippen LogP contribution in [0.2, 0.25) is 0 Å². The molecule has 0 N–H and O–H groups in total. The molecule has 0 fully saturated rings. The first-order chi connectivity index (χ1) is 11.3. The second-order valence-electron chi connectivity index (χ2n) is 5.49. The van der Waals surface area contributed by atoms with Gasteiger partial charge in [-0.25, -0.2) is 4.98 Å². The van der Waals surface area contributed by atoms with Crippen LogP contribution in [0.5, 0.6) is 11.5 Å². The van der Waals surface area contributed by atoms with Crippen LogP contribution in [0.25, 0.3) is 0 Å². The fourth-order valence-electron chi connectivity index (χ4n) is 2.41. The smallest absolute Gasteiger partial charge is 0.122 e. The molecule has 0 aliphatic heterocycles. The molecule has 0 aliphatic carbocycles. The largest absolute Gasteiger partial charge is 0.497 e. The fraction of sp³-hybridized carbons (Fsp3) is 0.500. The number of aromatic nitrogens is 2. The van der Waals surface area contributed by atoms with E-state index < -0.39 is 0 Å². The van der Waals surface area contributed by atoms with Crippen molar-refractivity contribution in [2.45, 2.75) is 38.8 Å². The van der Waals surface area contributed by atoms with E-state index in [2.05, 4.69) is 9.55 Å². The summed E-state index contributed by atoms with van der Waals surface area (Å²) in [6.07, 6.45) is 10.4. The molecule has 0 bridgehead atoms. The molecule has 5 nitrogen and oxygen atoms in total. The third-order valence-electron chi connectivity index (χ3n) is 3.69. The van der Waals surface area contributed by atoms with E-state index in [4.69, 9.17) is 14.2 Å². The first-order valence-corrected chi connectivity index (χ1v) is 8.07. The van der Waals surface area contributed by atoms with Gasteiger partial charge in [-0.05, 0) is 30.5 Å². The number of methoxy groups -OCH3 is 2. The lowest BCUT2D eigenvalue weighted by atomic mass is 10.2. The average Bonchev–Trinajstić information content (AvgIpc) is 3.10. The summed E-state index contributed by atoms with van der Waals surface area (Å²) in [6, 6.07) is 5.82. The topological polar surface area (TPSA) is 45.5 Å². The Bertz CT molecular complexity index is 533. The van der Waals surface area contributed by atoms with Crippen molar-refractivity contribution in [1.82, 2.24) is 9.55 Å². The molecule has 0 saturated heterocycles. The van der Waals surface area contributed by atoms with Gasteiger partial charge >= 0.3 is 0 Å². The fourth-order valence-corrected chi connectivity index (χ4v) is 2.41. The first-order valence-electron chi connectivity index (χ1n) is 8.07. The molecule has 1 aromatic carbocycles. The summed E-state index contributed by atoms with van der Waals surface area (Å²) in [4.78, 5) is 4.04. The minimum atomic E-state index is 0.586. The minimum Gasteiger partial charge on any atom is -0.497 e. The molecule has 5 heteroatoms.